The Morgan fingerprint density at radius 1 is 0.425 bits per heavy atom. The number of rotatable bonds is 12. The van der Waals surface area contributed by atoms with Crippen molar-refractivity contribution in [3.8, 4) is 0 Å². The molecule has 5 nitrogen and oxygen atoms in total. The summed E-state index contributed by atoms with van der Waals surface area (Å²) in [6.45, 7) is 3.55. The molecule has 0 saturated heterocycles. The summed E-state index contributed by atoms with van der Waals surface area (Å²) in [4.78, 5) is 0. The van der Waals surface area contributed by atoms with E-state index in [2.05, 4.69) is 0 Å². The van der Waals surface area contributed by atoms with E-state index in [0.29, 0.717) is 26.4 Å². The van der Waals surface area contributed by atoms with Gasteiger partial charge in [-0.05, 0) is 22.3 Å². The molecule has 6 atom stereocenters. The number of benzene rings is 4. The molecule has 1 saturated carbocycles. The maximum Gasteiger partial charge on any atom is 0.115 e. The van der Waals surface area contributed by atoms with Crippen molar-refractivity contribution in [3.05, 3.63) is 144 Å². The highest BCUT2D eigenvalue weighted by Gasteiger charge is 2.51. The standard InChI is InChI=1S/C35H38O5/c1-26-31(36)33(38-23-28-16-8-3-9-17-28)35(40-25-30-20-12-5-13-21-30)34(39-24-29-18-10-4-11-19-29)32(26)37-22-27-14-6-2-7-15-27/h2-21,26,31-36H,22-25H2,1H3/t26-,31?,32?,33?,34-,35-/m0/s1. The van der Waals surface area contributed by atoms with Gasteiger partial charge in [0.15, 0.2) is 0 Å². The van der Waals surface area contributed by atoms with Crippen LogP contribution in [0.5, 0.6) is 0 Å². The first-order chi connectivity index (χ1) is 19.7. The summed E-state index contributed by atoms with van der Waals surface area (Å²) in [6.07, 6.45) is -2.83. The number of hydrogen-bond acceptors (Lipinski definition) is 5. The van der Waals surface area contributed by atoms with E-state index in [0.717, 1.165) is 22.3 Å². The van der Waals surface area contributed by atoms with Gasteiger partial charge in [0, 0.05) is 5.92 Å². The number of aliphatic hydroxyl groups excluding tert-OH is 1. The molecule has 1 aliphatic rings. The largest absolute Gasteiger partial charge is 0.390 e. The van der Waals surface area contributed by atoms with E-state index in [1.54, 1.807) is 0 Å². The van der Waals surface area contributed by atoms with Gasteiger partial charge in [0.2, 0.25) is 0 Å². The molecule has 0 spiro atoms. The molecule has 0 amide bonds. The van der Waals surface area contributed by atoms with Crippen LogP contribution in [-0.4, -0.2) is 35.6 Å². The van der Waals surface area contributed by atoms with Crippen molar-refractivity contribution in [1.82, 2.24) is 0 Å². The van der Waals surface area contributed by atoms with Crippen LogP contribution in [0.3, 0.4) is 0 Å². The molecule has 4 aromatic rings. The first kappa shape index (κ1) is 28.2. The minimum atomic E-state index is -0.804. The topological polar surface area (TPSA) is 57.2 Å². The van der Waals surface area contributed by atoms with Gasteiger partial charge in [-0.25, -0.2) is 0 Å². The molecule has 208 valence electrons. The Morgan fingerprint density at radius 2 is 0.700 bits per heavy atom. The van der Waals surface area contributed by atoms with Crippen molar-refractivity contribution in [2.24, 2.45) is 5.92 Å². The van der Waals surface area contributed by atoms with Gasteiger partial charge < -0.3 is 24.1 Å². The predicted octanol–water partition coefficient (Wildman–Crippen LogP) is 6.34. The highest BCUT2D eigenvalue weighted by Crippen LogP contribution is 2.35. The van der Waals surface area contributed by atoms with Crippen molar-refractivity contribution in [1.29, 1.82) is 0 Å². The van der Waals surface area contributed by atoms with E-state index in [-0.39, 0.29) is 5.92 Å². The summed E-state index contributed by atoms with van der Waals surface area (Å²) in [7, 11) is 0. The van der Waals surface area contributed by atoms with Crippen LogP contribution in [0.15, 0.2) is 121 Å². The Hall–Kier alpha value is -3.32. The van der Waals surface area contributed by atoms with Crippen LogP contribution < -0.4 is 0 Å². The molecule has 40 heavy (non-hydrogen) atoms. The van der Waals surface area contributed by atoms with Gasteiger partial charge in [0.1, 0.15) is 18.3 Å². The van der Waals surface area contributed by atoms with Crippen LogP contribution >= 0.6 is 0 Å². The second kappa shape index (κ2) is 14.4. The van der Waals surface area contributed by atoms with Crippen molar-refractivity contribution >= 4 is 0 Å². The van der Waals surface area contributed by atoms with Gasteiger partial charge in [0.05, 0.1) is 38.6 Å². The third-order valence-corrected chi connectivity index (χ3v) is 7.51. The summed E-state index contributed by atoms with van der Waals surface area (Å²) in [5.41, 5.74) is 4.20. The molecule has 0 aromatic heterocycles. The molecule has 0 radical (unpaired) electrons. The minimum absolute atomic E-state index is 0.248. The summed E-state index contributed by atoms with van der Waals surface area (Å²) in [5.74, 6) is -0.248. The molecule has 0 aliphatic heterocycles. The predicted molar refractivity (Wildman–Crippen MR) is 155 cm³/mol. The summed E-state index contributed by atoms with van der Waals surface area (Å²) in [6, 6.07) is 40.2. The first-order valence-electron chi connectivity index (χ1n) is 14.0. The second-order valence-electron chi connectivity index (χ2n) is 10.4. The van der Waals surface area contributed by atoms with Crippen LogP contribution in [0.25, 0.3) is 0 Å². The molecule has 0 bridgehead atoms. The average Bonchev–Trinajstić information content (AvgIpc) is 3.01. The molecule has 1 N–H and O–H groups in total. The van der Waals surface area contributed by atoms with E-state index in [1.165, 1.54) is 0 Å². The second-order valence-corrected chi connectivity index (χ2v) is 10.4. The van der Waals surface area contributed by atoms with Crippen molar-refractivity contribution in [3.63, 3.8) is 0 Å². The minimum Gasteiger partial charge on any atom is -0.390 e. The molecule has 1 fully saturated rings. The van der Waals surface area contributed by atoms with Crippen molar-refractivity contribution in [2.75, 3.05) is 0 Å². The zero-order valence-corrected chi connectivity index (χ0v) is 22.9. The molecule has 1 aliphatic carbocycles. The third-order valence-electron chi connectivity index (χ3n) is 7.51. The smallest absolute Gasteiger partial charge is 0.115 e. The number of ether oxygens (including phenoxy) is 4. The summed E-state index contributed by atoms with van der Waals surface area (Å²) < 4.78 is 26.2. The van der Waals surface area contributed by atoms with Crippen LogP contribution in [-0.2, 0) is 45.4 Å². The van der Waals surface area contributed by atoms with Gasteiger partial charge >= 0.3 is 0 Å². The van der Waals surface area contributed by atoms with Gasteiger partial charge in [0.25, 0.3) is 0 Å². The lowest BCUT2D eigenvalue weighted by molar-refractivity contribution is -0.258. The van der Waals surface area contributed by atoms with Crippen LogP contribution in [0.4, 0.5) is 0 Å². The molecule has 5 rings (SSSR count). The van der Waals surface area contributed by atoms with Crippen LogP contribution in [0, 0.1) is 5.92 Å². The normalized spacial score (nSPS) is 24.6. The lowest BCUT2D eigenvalue weighted by atomic mass is 9.78. The van der Waals surface area contributed by atoms with E-state index >= 15 is 0 Å². The highest BCUT2D eigenvalue weighted by atomic mass is 16.6. The molecule has 0 heterocycles. The van der Waals surface area contributed by atoms with Crippen LogP contribution in [0.1, 0.15) is 29.2 Å². The lowest BCUT2D eigenvalue weighted by Crippen LogP contribution is -2.63. The number of hydrogen-bond donors (Lipinski definition) is 1. The molecule has 3 unspecified atom stereocenters. The van der Waals surface area contributed by atoms with E-state index in [4.69, 9.17) is 18.9 Å². The first-order valence-corrected chi connectivity index (χ1v) is 14.0. The Bertz CT molecular complexity index is 1150. The van der Waals surface area contributed by atoms with E-state index in [9.17, 15) is 5.11 Å². The zero-order valence-electron chi connectivity index (χ0n) is 22.9. The highest BCUT2D eigenvalue weighted by molar-refractivity contribution is 5.17. The monoisotopic (exact) mass is 538 g/mol. The Labute approximate surface area is 237 Å². The molecule has 4 aromatic carbocycles. The Kier molecular flexibility index (Phi) is 10.1. The van der Waals surface area contributed by atoms with Gasteiger partial charge in [-0.3, -0.25) is 0 Å². The molecular formula is C35H38O5. The number of aliphatic hydroxyl groups is 1. The quantitative estimate of drug-likeness (QED) is 0.228. The average molecular weight is 539 g/mol. The van der Waals surface area contributed by atoms with Crippen molar-refractivity contribution in [2.45, 2.75) is 63.9 Å². The fourth-order valence-electron chi connectivity index (χ4n) is 5.25. The summed E-state index contributed by atoms with van der Waals surface area (Å²) >= 11 is 0. The van der Waals surface area contributed by atoms with E-state index < -0.39 is 30.5 Å². The SMILES string of the molecule is C[C@H]1C(O)C(OCc2ccccc2)[C@H](OCc2ccccc2)[C@@H](OCc2ccccc2)C1OCc1ccccc1. The maximum atomic E-state index is 11.6. The summed E-state index contributed by atoms with van der Waals surface area (Å²) in [5, 5.41) is 11.6. The Morgan fingerprint density at radius 3 is 1.05 bits per heavy atom. The third kappa shape index (κ3) is 7.45. The molecule has 5 heteroatoms. The fourth-order valence-corrected chi connectivity index (χ4v) is 5.25. The van der Waals surface area contributed by atoms with E-state index in [1.807, 2.05) is 128 Å². The van der Waals surface area contributed by atoms with Gasteiger partial charge in [-0.2, -0.15) is 0 Å². The fraction of sp³-hybridized carbons (Fsp3) is 0.314. The molecular weight excluding hydrogens is 500 g/mol. The maximum absolute atomic E-state index is 11.6. The van der Waals surface area contributed by atoms with Gasteiger partial charge in [-0.15, -0.1) is 0 Å². The lowest BCUT2D eigenvalue weighted by Gasteiger charge is -2.48. The van der Waals surface area contributed by atoms with Gasteiger partial charge in [-0.1, -0.05) is 128 Å². The zero-order chi connectivity index (χ0) is 27.6. The Balaban J connectivity index is 1.42. The van der Waals surface area contributed by atoms with Crippen LogP contribution in [0.2, 0.25) is 0 Å². The van der Waals surface area contributed by atoms with Crippen molar-refractivity contribution < 1.29 is 24.1 Å².